The predicted molar refractivity (Wildman–Crippen MR) is 102 cm³/mol. The quantitative estimate of drug-likeness (QED) is 0.614. The summed E-state index contributed by atoms with van der Waals surface area (Å²) in [5.41, 5.74) is 1.85. The minimum atomic E-state index is -0.416. The highest BCUT2D eigenvalue weighted by Gasteiger charge is 2.08. The number of hydrogen-bond donors (Lipinski definition) is 2. The van der Waals surface area contributed by atoms with Gasteiger partial charge in [-0.1, -0.05) is 18.2 Å². The molecular formula is C19H19N5O3. The lowest BCUT2D eigenvalue weighted by Crippen LogP contribution is -2.05. The van der Waals surface area contributed by atoms with Crippen LogP contribution in [-0.4, -0.2) is 34.9 Å². The third kappa shape index (κ3) is 4.69. The summed E-state index contributed by atoms with van der Waals surface area (Å²) in [6.45, 7) is 2.48. The Labute approximate surface area is 156 Å². The van der Waals surface area contributed by atoms with Crippen molar-refractivity contribution in [2.24, 2.45) is 0 Å². The molecular weight excluding hydrogens is 346 g/mol. The Kier molecular flexibility index (Phi) is 5.78. The van der Waals surface area contributed by atoms with Gasteiger partial charge >= 0.3 is 5.97 Å². The second-order valence-electron chi connectivity index (χ2n) is 5.42. The van der Waals surface area contributed by atoms with Gasteiger partial charge in [-0.15, -0.1) is 5.10 Å². The van der Waals surface area contributed by atoms with E-state index in [1.54, 1.807) is 24.3 Å². The highest BCUT2D eigenvalue weighted by molar-refractivity contribution is 5.90. The number of esters is 1. The number of para-hydroxylation sites is 2. The number of carbonyl (C=O) groups excluding carboxylic acids is 1. The van der Waals surface area contributed by atoms with E-state index in [1.807, 2.05) is 31.2 Å². The maximum Gasteiger partial charge on any atom is 0.337 e. The standard InChI is InChI=1S/C19H19N5O3/c1-3-27-16-10-5-4-9-15(16)22-17-12-20-24-19(23-17)21-14-8-6-7-13(11-14)18(25)26-2/h4-12H,3H2,1-2H3,(H2,21,22,23,24). The monoisotopic (exact) mass is 365 g/mol. The Balaban J connectivity index is 1.78. The lowest BCUT2D eigenvalue weighted by molar-refractivity contribution is 0.0601. The first-order valence-electron chi connectivity index (χ1n) is 8.33. The van der Waals surface area contributed by atoms with Crippen LogP contribution in [0, 0.1) is 0 Å². The highest BCUT2D eigenvalue weighted by atomic mass is 16.5. The van der Waals surface area contributed by atoms with E-state index in [0.29, 0.717) is 23.7 Å². The van der Waals surface area contributed by atoms with E-state index in [1.165, 1.54) is 13.3 Å². The molecule has 3 aromatic rings. The summed E-state index contributed by atoms with van der Waals surface area (Å²) < 4.78 is 10.3. The molecule has 0 aliphatic heterocycles. The van der Waals surface area contributed by atoms with Crippen molar-refractivity contribution >= 4 is 29.1 Å². The number of aromatic nitrogens is 3. The Morgan fingerprint density at radius 1 is 1.11 bits per heavy atom. The van der Waals surface area contributed by atoms with Gasteiger partial charge in [0.2, 0.25) is 5.95 Å². The third-order valence-corrected chi connectivity index (χ3v) is 3.55. The molecule has 8 nitrogen and oxygen atoms in total. The van der Waals surface area contributed by atoms with Crippen molar-refractivity contribution in [3.05, 3.63) is 60.3 Å². The number of ether oxygens (including phenoxy) is 2. The topological polar surface area (TPSA) is 98.3 Å². The molecule has 0 unspecified atom stereocenters. The van der Waals surface area contributed by atoms with Crippen molar-refractivity contribution in [1.29, 1.82) is 0 Å². The van der Waals surface area contributed by atoms with Gasteiger partial charge in [0.25, 0.3) is 0 Å². The van der Waals surface area contributed by atoms with Crippen molar-refractivity contribution < 1.29 is 14.3 Å². The van der Waals surface area contributed by atoms with Crippen LogP contribution < -0.4 is 15.4 Å². The van der Waals surface area contributed by atoms with Gasteiger partial charge in [0.15, 0.2) is 5.82 Å². The molecule has 27 heavy (non-hydrogen) atoms. The van der Waals surface area contributed by atoms with E-state index >= 15 is 0 Å². The van der Waals surface area contributed by atoms with Gasteiger partial charge in [0.1, 0.15) is 5.75 Å². The van der Waals surface area contributed by atoms with Crippen LogP contribution in [0.4, 0.5) is 23.1 Å². The molecule has 0 saturated carbocycles. The number of carbonyl (C=O) groups is 1. The lowest BCUT2D eigenvalue weighted by atomic mass is 10.2. The number of methoxy groups -OCH3 is 1. The maximum absolute atomic E-state index is 11.6. The molecule has 0 bridgehead atoms. The van der Waals surface area contributed by atoms with E-state index in [-0.39, 0.29) is 5.95 Å². The first-order valence-corrected chi connectivity index (χ1v) is 8.33. The second-order valence-corrected chi connectivity index (χ2v) is 5.42. The van der Waals surface area contributed by atoms with E-state index in [2.05, 4.69) is 25.8 Å². The molecule has 1 aromatic heterocycles. The minimum absolute atomic E-state index is 0.288. The van der Waals surface area contributed by atoms with E-state index in [4.69, 9.17) is 9.47 Å². The Bertz CT molecular complexity index is 932. The third-order valence-electron chi connectivity index (χ3n) is 3.55. The van der Waals surface area contributed by atoms with Gasteiger partial charge in [0.05, 0.1) is 31.2 Å². The van der Waals surface area contributed by atoms with Crippen molar-refractivity contribution in [3.63, 3.8) is 0 Å². The van der Waals surface area contributed by atoms with E-state index in [0.717, 1.165) is 11.4 Å². The number of nitrogens with one attached hydrogen (secondary N) is 2. The fourth-order valence-corrected chi connectivity index (χ4v) is 2.38. The number of nitrogens with zero attached hydrogens (tertiary/aromatic N) is 3. The van der Waals surface area contributed by atoms with Crippen LogP contribution in [0.2, 0.25) is 0 Å². The van der Waals surface area contributed by atoms with Crippen LogP contribution in [0.3, 0.4) is 0 Å². The number of anilines is 4. The van der Waals surface area contributed by atoms with Crippen LogP contribution >= 0.6 is 0 Å². The highest BCUT2D eigenvalue weighted by Crippen LogP contribution is 2.26. The summed E-state index contributed by atoms with van der Waals surface area (Å²) >= 11 is 0. The van der Waals surface area contributed by atoms with E-state index in [9.17, 15) is 4.79 Å². The number of benzene rings is 2. The smallest absolute Gasteiger partial charge is 0.337 e. The fourth-order valence-electron chi connectivity index (χ4n) is 2.38. The Hall–Kier alpha value is -3.68. The van der Waals surface area contributed by atoms with Gasteiger partial charge in [-0.2, -0.15) is 10.1 Å². The molecule has 0 aliphatic carbocycles. The summed E-state index contributed by atoms with van der Waals surface area (Å²) in [7, 11) is 1.34. The summed E-state index contributed by atoms with van der Waals surface area (Å²) in [5.74, 6) is 1.10. The first kappa shape index (κ1) is 18.1. The van der Waals surface area contributed by atoms with Crippen molar-refractivity contribution in [2.75, 3.05) is 24.4 Å². The molecule has 2 N–H and O–H groups in total. The summed E-state index contributed by atoms with van der Waals surface area (Å²) in [6, 6.07) is 14.4. The number of rotatable bonds is 7. The maximum atomic E-state index is 11.6. The van der Waals surface area contributed by atoms with Gasteiger partial charge in [-0.25, -0.2) is 4.79 Å². The van der Waals surface area contributed by atoms with Gasteiger partial charge < -0.3 is 20.1 Å². The molecule has 2 aromatic carbocycles. The first-order chi connectivity index (χ1) is 13.2. The zero-order chi connectivity index (χ0) is 19.1. The minimum Gasteiger partial charge on any atom is -0.492 e. The van der Waals surface area contributed by atoms with Crippen LogP contribution in [-0.2, 0) is 4.74 Å². The largest absolute Gasteiger partial charge is 0.492 e. The molecule has 0 spiro atoms. The van der Waals surface area contributed by atoms with Crippen LogP contribution in [0.15, 0.2) is 54.7 Å². The molecule has 0 fully saturated rings. The zero-order valence-electron chi connectivity index (χ0n) is 15.0. The molecule has 0 aliphatic rings. The van der Waals surface area contributed by atoms with Gasteiger partial charge in [-0.05, 0) is 37.3 Å². The van der Waals surface area contributed by atoms with Crippen LogP contribution in [0.25, 0.3) is 0 Å². The average Bonchev–Trinajstić information content (AvgIpc) is 2.69. The molecule has 138 valence electrons. The molecule has 0 saturated heterocycles. The van der Waals surface area contributed by atoms with Crippen LogP contribution in [0.1, 0.15) is 17.3 Å². The number of hydrogen-bond acceptors (Lipinski definition) is 8. The molecule has 1 heterocycles. The van der Waals surface area contributed by atoms with Gasteiger partial charge in [-0.3, -0.25) is 0 Å². The lowest BCUT2D eigenvalue weighted by Gasteiger charge is -2.12. The van der Waals surface area contributed by atoms with Crippen molar-refractivity contribution in [2.45, 2.75) is 6.92 Å². The molecule has 8 heteroatoms. The van der Waals surface area contributed by atoms with E-state index < -0.39 is 5.97 Å². The summed E-state index contributed by atoms with van der Waals surface area (Å²) in [4.78, 5) is 16.0. The SMILES string of the molecule is CCOc1ccccc1Nc1cnnc(Nc2cccc(C(=O)OC)c2)n1. The van der Waals surface area contributed by atoms with Crippen molar-refractivity contribution in [3.8, 4) is 5.75 Å². The van der Waals surface area contributed by atoms with Crippen LogP contribution in [0.5, 0.6) is 5.75 Å². The molecule has 0 amide bonds. The normalized spacial score (nSPS) is 10.1. The predicted octanol–water partition coefficient (Wildman–Crippen LogP) is 3.54. The van der Waals surface area contributed by atoms with Gasteiger partial charge in [0, 0.05) is 5.69 Å². The zero-order valence-corrected chi connectivity index (χ0v) is 15.0. The molecule has 0 atom stereocenters. The van der Waals surface area contributed by atoms with Crippen molar-refractivity contribution in [1.82, 2.24) is 15.2 Å². The Morgan fingerprint density at radius 2 is 1.96 bits per heavy atom. The summed E-state index contributed by atoms with van der Waals surface area (Å²) in [5, 5.41) is 14.1. The average molecular weight is 365 g/mol. The Morgan fingerprint density at radius 3 is 2.78 bits per heavy atom. The fraction of sp³-hybridized carbons (Fsp3) is 0.158. The molecule has 0 radical (unpaired) electrons. The summed E-state index contributed by atoms with van der Waals surface area (Å²) in [6.07, 6.45) is 1.51. The second kappa shape index (κ2) is 8.61. The molecule has 3 rings (SSSR count).